The molecule has 0 aliphatic carbocycles. The monoisotopic (exact) mass is 360 g/mol. The van der Waals surface area contributed by atoms with Gasteiger partial charge in [-0.15, -0.1) is 0 Å². The number of hydrogen-bond acceptors (Lipinski definition) is 3. The van der Waals surface area contributed by atoms with Gasteiger partial charge in [0.2, 0.25) is 0 Å². The van der Waals surface area contributed by atoms with Crippen molar-refractivity contribution < 1.29 is 9.90 Å². The minimum Gasteiger partial charge on any atom is -0.480 e. The van der Waals surface area contributed by atoms with Gasteiger partial charge in [-0.1, -0.05) is 12.1 Å². The first-order chi connectivity index (χ1) is 8.63. The van der Waals surface area contributed by atoms with Crippen LogP contribution in [-0.2, 0) is 11.3 Å². The Morgan fingerprint density at radius 2 is 1.67 bits per heavy atom. The van der Waals surface area contributed by atoms with E-state index in [4.69, 9.17) is 5.11 Å². The summed E-state index contributed by atoms with van der Waals surface area (Å²) in [6.07, 6.45) is 0. The minimum atomic E-state index is -0.735. The molecular weight excluding hydrogens is 343 g/mol. The number of aliphatic carboxylic acids is 1. The summed E-state index contributed by atoms with van der Waals surface area (Å²) in [5, 5.41) is 8.74. The third-order valence-electron chi connectivity index (χ3n) is 3.14. The van der Waals surface area contributed by atoms with E-state index in [-0.39, 0.29) is 6.54 Å². The van der Waals surface area contributed by atoms with E-state index in [0.717, 1.165) is 32.7 Å². The van der Waals surface area contributed by atoms with Gasteiger partial charge in [0.1, 0.15) is 0 Å². The molecule has 0 amide bonds. The van der Waals surface area contributed by atoms with Gasteiger partial charge >= 0.3 is 5.97 Å². The number of piperazine rings is 1. The molecule has 18 heavy (non-hydrogen) atoms. The van der Waals surface area contributed by atoms with Crippen molar-refractivity contribution in [1.82, 2.24) is 9.80 Å². The molecule has 0 unspecified atom stereocenters. The van der Waals surface area contributed by atoms with Crippen molar-refractivity contribution in [3.05, 3.63) is 33.4 Å². The Kier molecular flexibility index (Phi) is 4.96. The molecule has 1 aliphatic rings. The lowest BCUT2D eigenvalue weighted by Gasteiger charge is -2.33. The molecule has 1 saturated heterocycles. The van der Waals surface area contributed by atoms with Crippen molar-refractivity contribution >= 4 is 28.6 Å². The molecule has 1 aromatic rings. The third kappa shape index (κ3) is 4.22. The number of rotatable bonds is 4. The molecule has 1 N–H and O–H groups in total. The molecule has 0 aromatic heterocycles. The molecule has 0 atom stereocenters. The molecule has 4 nitrogen and oxygen atoms in total. The molecule has 1 aromatic carbocycles. The number of benzene rings is 1. The van der Waals surface area contributed by atoms with Crippen LogP contribution in [0.1, 0.15) is 5.56 Å². The van der Waals surface area contributed by atoms with Gasteiger partial charge < -0.3 is 5.11 Å². The van der Waals surface area contributed by atoms with E-state index in [1.165, 1.54) is 9.13 Å². The average Bonchev–Trinajstić information content (AvgIpc) is 2.34. The van der Waals surface area contributed by atoms with Crippen LogP contribution in [0.4, 0.5) is 0 Å². The molecule has 0 saturated carbocycles. The van der Waals surface area contributed by atoms with Gasteiger partial charge in [0, 0.05) is 36.3 Å². The highest BCUT2D eigenvalue weighted by molar-refractivity contribution is 14.1. The Morgan fingerprint density at radius 1 is 1.11 bits per heavy atom. The van der Waals surface area contributed by atoms with Gasteiger partial charge in [-0.25, -0.2) is 0 Å². The third-order valence-corrected chi connectivity index (χ3v) is 3.86. The fourth-order valence-electron chi connectivity index (χ4n) is 2.14. The van der Waals surface area contributed by atoms with E-state index in [1.807, 2.05) is 4.90 Å². The van der Waals surface area contributed by atoms with E-state index in [1.54, 1.807) is 0 Å². The molecule has 1 fully saturated rings. The fraction of sp³-hybridized carbons (Fsp3) is 0.462. The lowest BCUT2D eigenvalue weighted by molar-refractivity contribution is -0.138. The van der Waals surface area contributed by atoms with E-state index in [9.17, 15) is 4.79 Å². The van der Waals surface area contributed by atoms with Gasteiger partial charge in [0.25, 0.3) is 0 Å². The second-order valence-electron chi connectivity index (χ2n) is 4.57. The zero-order valence-electron chi connectivity index (χ0n) is 10.2. The van der Waals surface area contributed by atoms with Crippen molar-refractivity contribution in [2.45, 2.75) is 6.54 Å². The van der Waals surface area contributed by atoms with Gasteiger partial charge in [0.05, 0.1) is 6.54 Å². The van der Waals surface area contributed by atoms with Crippen LogP contribution in [-0.4, -0.2) is 53.6 Å². The quantitative estimate of drug-likeness (QED) is 0.827. The molecule has 0 bridgehead atoms. The lowest BCUT2D eigenvalue weighted by Crippen LogP contribution is -2.47. The van der Waals surface area contributed by atoms with E-state index in [2.05, 4.69) is 51.8 Å². The summed E-state index contributed by atoms with van der Waals surface area (Å²) in [4.78, 5) is 15.0. The predicted octanol–water partition coefficient (Wildman–Crippen LogP) is 1.49. The Morgan fingerprint density at radius 3 is 2.22 bits per heavy atom. The number of carbonyl (C=O) groups is 1. The van der Waals surface area contributed by atoms with E-state index < -0.39 is 5.97 Å². The number of hydrogen-bond donors (Lipinski definition) is 1. The van der Waals surface area contributed by atoms with Gasteiger partial charge in [-0.3, -0.25) is 14.6 Å². The first-order valence-corrected chi connectivity index (χ1v) is 7.12. The average molecular weight is 360 g/mol. The highest BCUT2D eigenvalue weighted by Gasteiger charge is 2.18. The number of nitrogens with zero attached hydrogens (tertiary/aromatic N) is 2. The van der Waals surface area contributed by atoms with Crippen LogP contribution in [0, 0.1) is 3.57 Å². The maximum absolute atomic E-state index is 10.6. The van der Waals surface area contributed by atoms with Crippen molar-refractivity contribution in [3.8, 4) is 0 Å². The SMILES string of the molecule is O=C(O)CN1CCN(Cc2ccc(I)cc2)CC1. The molecule has 2 rings (SSSR count). The molecule has 1 aliphatic heterocycles. The zero-order valence-corrected chi connectivity index (χ0v) is 12.3. The largest absolute Gasteiger partial charge is 0.480 e. The van der Waals surface area contributed by atoms with Crippen LogP contribution in [0.15, 0.2) is 24.3 Å². The molecular formula is C13H17IN2O2. The first kappa shape index (κ1) is 13.8. The van der Waals surface area contributed by atoms with Crippen LogP contribution < -0.4 is 0 Å². The first-order valence-electron chi connectivity index (χ1n) is 6.04. The molecule has 1 heterocycles. The smallest absolute Gasteiger partial charge is 0.317 e. The van der Waals surface area contributed by atoms with Crippen LogP contribution >= 0.6 is 22.6 Å². The summed E-state index contributed by atoms with van der Waals surface area (Å²) in [6.45, 7) is 4.70. The highest BCUT2D eigenvalue weighted by Crippen LogP contribution is 2.11. The van der Waals surface area contributed by atoms with E-state index >= 15 is 0 Å². The fourth-order valence-corrected chi connectivity index (χ4v) is 2.50. The number of halogens is 1. The number of carboxylic acids is 1. The van der Waals surface area contributed by atoms with Crippen LogP contribution in [0.5, 0.6) is 0 Å². The summed E-state index contributed by atoms with van der Waals surface area (Å²) >= 11 is 2.31. The molecule has 0 radical (unpaired) electrons. The number of carboxylic acid groups (broad SMARTS) is 1. The summed E-state index contributed by atoms with van der Waals surface area (Å²) < 4.78 is 1.25. The molecule has 5 heteroatoms. The van der Waals surface area contributed by atoms with Gasteiger partial charge in [-0.05, 0) is 40.3 Å². The summed E-state index contributed by atoms with van der Waals surface area (Å²) in [5.74, 6) is -0.735. The lowest BCUT2D eigenvalue weighted by atomic mass is 10.2. The summed E-state index contributed by atoms with van der Waals surface area (Å²) in [6, 6.07) is 8.56. The normalized spacial score (nSPS) is 17.8. The topological polar surface area (TPSA) is 43.8 Å². The maximum atomic E-state index is 10.6. The van der Waals surface area contributed by atoms with E-state index in [0.29, 0.717) is 0 Å². The van der Waals surface area contributed by atoms with Gasteiger partial charge in [-0.2, -0.15) is 0 Å². The van der Waals surface area contributed by atoms with Crippen molar-refractivity contribution in [3.63, 3.8) is 0 Å². The van der Waals surface area contributed by atoms with Crippen LogP contribution in [0.2, 0.25) is 0 Å². The van der Waals surface area contributed by atoms with Crippen molar-refractivity contribution in [1.29, 1.82) is 0 Å². The summed E-state index contributed by atoms with van der Waals surface area (Å²) in [7, 11) is 0. The van der Waals surface area contributed by atoms with Crippen molar-refractivity contribution in [2.24, 2.45) is 0 Å². The predicted molar refractivity (Wildman–Crippen MR) is 78.5 cm³/mol. The summed E-state index contributed by atoms with van der Waals surface area (Å²) in [5.41, 5.74) is 1.32. The van der Waals surface area contributed by atoms with Crippen LogP contribution in [0.25, 0.3) is 0 Å². The Balaban J connectivity index is 1.79. The Bertz CT molecular complexity index is 400. The standard InChI is InChI=1S/C13H17IN2O2/c14-12-3-1-11(2-4-12)9-15-5-7-16(8-6-15)10-13(17)18/h1-4H,5-10H2,(H,17,18). The second kappa shape index (κ2) is 6.49. The maximum Gasteiger partial charge on any atom is 0.317 e. The molecule has 0 spiro atoms. The molecule has 98 valence electrons. The minimum absolute atomic E-state index is 0.164. The Hall–Kier alpha value is -0.660. The van der Waals surface area contributed by atoms with Crippen LogP contribution in [0.3, 0.4) is 0 Å². The zero-order chi connectivity index (χ0) is 13.0. The van der Waals surface area contributed by atoms with Gasteiger partial charge in [0.15, 0.2) is 0 Å². The Labute approximate surface area is 121 Å². The second-order valence-corrected chi connectivity index (χ2v) is 5.82. The van der Waals surface area contributed by atoms with Crippen molar-refractivity contribution in [2.75, 3.05) is 32.7 Å². The highest BCUT2D eigenvalue weighted by atomic mass is 127.